The third kappa shape index (κ3) is 1.97. The smallest absolute Gasteiger partial charge is 0.183 e. The van der Waals surface area contributed by atoms with Crippen LogP contribution in [0.1, 0.15) is 25.0 Å². The Hall–Kier alpha value is -1.09. The molecule has 0 radical (unpaired) electrons. The van der Waals surface area contributed by atoms with Gasteiger partial charge in [-0.2, -0.15) is 0 Å². The Balaban J connectivity index is 2.51. The molecule has 1 aromatic heterocycles. The first-order valence-corrected chi connectivity index (χ1v) is 6.03. The van der Waals surface area contributed by atoms with Crippen LogP contribution in [0, 0.1) is 13.8 Å². The van der Waals surface area contributed by atoms with Crippen LogP contribution in [0.15, 0.2) is 12.1 Å². The zero-order chi connectivity index (χ0) is 11.0. The third-order valence-corrected chi connectivity index (χ3v) is 3.45. The van der Waals surface area contributed by atoms with Crippen LogP contribution in [0.3, 0.4) is 0 Å². The number of aromatic nitrogens is 1. The fourth-order valence-electron chi connectivity index (χ4n) is 1.53. The van der Waals surface area contributed by atoms with Gasteiger partial charge in [-0.05, 0) is 44.9 Å². The summed E-state index contributed by atoms with van der Waals surface area (Å²) >= 11 is 1.73. The molecule has 1 N–H and O–H groups in total. The molecule has 0 spiro atoms. The van der Waals surface area contributed by atoms with E-state index in [1.807, 2.05) is 0 Å². The maximum atomic E-state index is 4.62. The number of rotatable bonds is 2. The number of hydrogen-bond acceptors (Lipinski definition) is 3. The molecule has 0 aliphatic rings. The number of thiazole rings is 1. The summed E-state index contributed by atoms with van der Waals surface area (Å²) in [7, 11) is 0. The van der Waals surface area contributed by atoms with Crippen molar-refractivity contribution in [2.24, 2.45) is 0 Å². The Kier molecular flexibility index (Phi) is 2.65. The highest BCUT2D eigenvalue weighted by molar-refractivity contribution is 7.22. The molecule has 0 atom stereocenters. The van der Waals surface area contributed by atoms with Crippen LogP contribution in [0.4, 0.5) is 5.13 Å². The first-order valence-electron chi connectivity index (χ1n) is 5.21. The number of hydrogen-bond donors (Lipinski definition) is 1. The summed E-state index contributed by atoms with van der Waals surface area (Å²) in [5, 5.41) is 4.37. The van der Waals surface area contributed by atoms with E-state index in [0.717, 1.165) is 10.6 Å². The zero-order valence-electron chi connectivity index (χ0n) is 9.59. The molecule has 80 valence electrons. The van der Waals surface area contributed by atoms with Crippen molar-refractivity contribution in [3.8, 4) is 0 Å². The van der Waals surface area contributed by atoms with Gasteiger partial charge in [-0.1, -0.05) is 17.4 Å². The van der Waals surface area contributed by atoms with E-state index < -0.39 is 0 Å². The molecule has 0 saturated carbocycles. The van der Waals surface area contributed by atoms with Crippen molar-refractivity contribution in [3.05, 3.63) is 23.3 Å². The molecule has 2 rings (SSSR count). The van der Waals surface area contributed by atoms with Crippen LogP contribution >= 0.6 is 11.3 Å². The molecule has 0 bridgehead atoms. The molecule has 0 aliphatic heterocycles. The van der Waals surface area contributed by atoms with E-state index in [0.29, 0.717) is 6.04 Å². The van der Waals surface area contributed by atoms with Crippen molar-refractivity contribution < 1.29 is 0 Å². The van der Waals surface area contributed by atoms with Gasteiger partial charge < -0.3 is 5.32 Å². The minimum Gasteiger partial charge on any atom is -0.359 e. The summed E-state index contributed by atoms with van der Waals surface area (Å²) in [6.45, 7) is 8.52. The highest BCUT2D eigenvalue weighted by Crippen LogP contribution is 2.29. The molecule has 0 saturated heterocycles. The number of benzene rings is 1. The molecule has 0 amide bonds. The van der Waals surface area contributed by atoms with Gasteiger partial charge in [-0.25, -0.2) is 4.98 Å². The van der Waals surface area contributed by atoms with E-state index in [1.54, 1.807) is 11.3 Å². The van der Waals surface area contributed by atoms with Crippen LogP contribution in [-0.2, 0) is 0 Å². The molecule has 0 fully saturated rings. The molecule has 1 aromatic carbocycles. The van der Waals surface area contributed by atoms with Crippen LogP contribution in [0.25, 0.3) is 10.2 Å². The third-order valence-electron chi connectivity index (χ3n) is 2.50. The highest BCUT2D eigenvalue weighted by atomic mass is 32.1. The summed E-state index contributed by atoms with van der Waals surface area (Å²) < 4.78 is 1.27. The van der Waals surface area contributed by atoms with Crippen LogP contribution < -0.4 is 5.32 Å². The zero-order valence-corrected chi connectivity index (χ0v) is 10.4. The number of anilines is 1. The van der Waals surface area contributed by atoms with Crippen molar-refractivity contribution in [1.82, 2.24) is 4.98 Å². The second-order valence-electron chi connectivity index (χ2n) is 4.17. The first kappa shape index (κ1) is 10.4. The lowest BCUT2D eigenvalue weighted by molar-refractivity contribution is 0.897. The molecule has 1 heterocycles. The van der Waals surface area contributed by atoms with Crippen molar-refractivity contribution in [2.45, 2.75) is 33.7 Å². The highest BCUT2D eigenvalue weighted by Gasteiger charge is 2.07. The molecule has 0 unspecified atom stereocenters. The van der Waals surface area contributed by atoms with Gasteiger partial charge in [-0.15, -0.1) is 0 Å². The molecule has 2 aromatic rings. The summed E-state index contributed by atoms with van der Waals surface area (Å²) in [5.74, 6) is 0. The Morgan fingerprint density at radius 2 is 2.00 bits per heavy atom. The van der Waals surface area contributed by atoms with Gasteiger partial charge in [0, 0.05) is 6.04 Å². The van der Waals surface area contributed by atoms with Crippen molar-refractivity contribution in [1.29, 1.82) is 0 Å². The largest absolute Gasteiger partial charge is 0.359 e. The number of nitrogens with zero attached hydrogens (tertiary/aromatic N) is 1. The van der Waals surface area contributed by atoms with Crippen molar-refractivity contribution in [3.63, 3.8) is 0 Å². The van der Waals surface area contributed by atoms with Crippen LogP contribution in [-0.4, -0.2) is 11.0 Å². The lowest BCUT2D eigenvalue weighted by Gasteiger charge is -2.03. The Bertz CT molecular complexity index is 486. The predicted molar refractivity (Wildman–Crippen MR) is 67.9 cm³/mol. The summed E-state index contributed by atoms with van der Waals surface area (Å²) in [4.78, 5) is 4.62. The first-order chi connectivity index (χ1) is 7.08. The topological polar surface area (TPSA) is 24.9 Å². The monoisotopic (exact) mass is 220 g/mol. The lowest BCUT2D eigenvalue weighted by Crippen LogP contribution is -2.08. The van der Waals surface area contributed by atoms with Gasteiger partial charge in [0.15, 0.2) is 5.13 Å². The Morgan fingerprint density at radius 3 is 2.67 bits per heavy atom. The quantitative estimate of drug-likeness (QED) is 0.834. The molecular weight excluding hydrogens is 204 g/mol. The van der Waals surface area contributed by atoms with Crippen LogP contribution in [0.2, 0.25) is 0 Å². The van der Waals surface area contributed by atoms with Crippen LogP contribution in [0.5, 0.6) is 0 Å². The standard InChI is InChI=1S/C12H16N2S/c1-7(2)13-12-14-11-9(4)8(3)5-6-10(11)15-12/h5-7H,1-4H3,(H,13,14). The minimum absolute atomic E-state index is 0.437. The minimum atomic E-state index is 0.437. The molecular formula is C12H16N2S. The van der Waals surface area contributed by atoms with Gasteiger partial charge in [0.05, 0.1) is 10.2 Å². The van der Waals surface area contributed by atoms with Gasteiger partial charge in [0.25, 0.3) is 0 Å². The molecule has 3 heteroatoms. The van der Waals surface area contributed by atoms with E-state index in [9.17, 15) is 0 Å². The average molecular weight is 220 g/mol. The molecule has 0 aliphatic carbocycles. The van der Waals surface area contributed by atoms with Gasteiger partial charge in [0.2, 0.25) is 0 Å². The molecule has 15 heavy (non-hydrogen) atoms. The Morgan fingerprint density at radius 1 is 1.27 bits per heavy atom. The predicted octanol–water partition coefficient (Wildman–Crippen LogP) is 3.73. The van der Waals surface area contributed by atoms with Gasteiger partial charge >= 0.3 is 0 Å². The van der Waals surface area contributed by atoms with E-state index >= 15 is 0 Å². The van der Waals surface area contributed by atoms with E-state index in [2.05, 4.69) is 50.1 Å². The maximum Gasteiger partial charge on any atom is 0.183 e. The van der Waals surface area contributed by atoms with Crippen molar-refractivity contribution >= 4 is 26.7 Å². The van der Waals surface area contributed by atoms with E-state index in [-0.39, 0.29) is 0 Å². The maximum absolute atomic E-state index is 4.62. The average Bonchev–Trinajstić information content (AvgIpc) is 2.54. The Labute approximate surface area is 94.3 Å². The lowest BCUT2D eigenvalue weighted by atomic mass is 10.1. The fraction of sp³-hybridized carbons (Fsp3) is 0.417. The second-order valence-corrected chi connectivity index (χ2v) is 5.20. The second kappa shape index (κ2) is 3.81. The normalized spacial score (nSPS) is 11.3. The van der Waals surface area contributed by atoms with E-state index in [1.165, 1.54) is 15.8 Å². The van der Waals surface area contributed by atoms with Gasteiger partial charge in [0.1, 0.15) is 0 Å². The summed E-state index contributed by atoms with van der Waals surface area (Å²) in [6, 6.07) is 4.75. The number of fused-ring (bicyclic) bond motifs is 1. The number of aryl methyl sites for hydroxylation is 2. The van der Waals surface area contributed by atoms with Gasteiger partial charge in [-0.3, -0.25) is 0 Å². The number of nitrogens with one attached hydrogen (secondary N) is 1. The van der Waals surface area contributed by atoms with Crippen molar-refractivity contribution in [2.75, 3.05) is 5.32 Å². The summed E-state index contributed by atoms with van der Waals surface area (Å²) in [5.41, 5.74) is 3.74. The fourth-order valence-corrected chi connectivity index (χ4v) is 2.61. The van der Waals surface area contributed by atoms with E-state index in [4.69, 9.17) is 0 Å². The molecule has 2 nitrogen and oxygen atoms in total. The summed E-state index contributed by atoms with van der Waals surface area (Å²) in [6.07, 6.45) is 0. The SMILES string of the molecule is Cc1ccc2sc(NC(C)C)nc2c1C.